The minimum Gasteiger partial charge on any atom is -0.352 e. The fraction of sp³-hybridized carbons (Fsp3) is 0.364. The average molecular weight is 230 g/mol. The van der Waals surface area contributed by atoms with E-state index in [0.717, 1.165) is 12.8 Å². The predicted octanol–water partition coefficient (Wildman–Crippen LogP) is 2.57. The van der Waals surface area contributed by atoms with E-state index in [1.807, 2.05) is 0 Å². The van der Waals surface area contributed by atoms with Crippen LogP contribution in [0.15, 0.2) is 24.3 Å². The molecule has 0 aliphatic rings. The molecule has 0 aliphatic carbocycles. The Kier molecular flexibility index (Phi) is 5.12. The predicted molar refractivity (Wildman–Crippen MR) is 58.7 cm³/mol. The fourth-order valence-corrected chi connectivity index (χ4v) is 1.35. The molecule has 0 fully saturated rings. The SMILES string of the molecule is O=C(NCCCCCl)c1ccccc1F. The number of hydrogen-bond acceptors (Lipinski definition) is 1. The van der Waals surface area contributed by atoms with E-state index < -0.39 is 5.82 Å². The third-order valence-electron chi connectivity index (χ3n) is 1.96. The minimum atomic E-state index is -0.493. The molecule has 0 aliphatic heterocycles. The van der Waals surface area contributed by atoms with Crippen molar-refractivity contribution in [1.82, 2.24) is 5.32 Å². The maximum atomic E-state index is 13.1. The van der Waals surface area contributed by atoms with E-state index in [-0.39, 0.29) is 11.5 Å². The van der Waals surface area contributed by atoms with E-state index in [2.05, 4.69) is 5.32 Å². The minimum absolute atomic E-state index is 0.0865. The first-order valence-corrected chi connectivity index (χ1v) is 5.38. The smallest absolute Gasteiger partial charge is 0.254 e. The summed E-state index contributed by atoms with van der Waals surface area (Å²) < 4.78 is 13.1. The maximum absolute atomic E-state index is 13.1. The zero-order valence-corrected chi connectivity index (χ0v) is 9.06. The number of amides is 1. The number of unbranched alkanes of at least 4 members (excludes halogenated alkanes) is 1. The van der Waals surface area contributed by atoms with E-state index in [1.165, 1.54) is 12.1 Å². The number of halogens is 2. The summed E-state index contributed by atoms with van der Waals surface area (Å²) in [6, 6.07) is 5.93. The Morgan fingerprint density at radius 3 is 2.73 bits per heavy atom. The van der Waals surface area contributed by atoms with Crippen LogP contribution in [0, 0.1) is 5.82 Å². The zero-order valence-electron chi connectivity index (χ0n) is 8.30. The van der Waals surface area contributed by atoms with Crippen LogP contribution in [0.1, 0.15) is 23.2 Å². The van der Waals surface area contributed by atoms with Gasteiger partial charge in [-0.05, 0) is 25.0 Å². The van der Waals surface area contributed by atoms with Crippen LogP contribution in [0.3, 0.4) is 0 Å². The Balaban J connectivity index is 2.44. The highest BCUT2D eigenvalue weighted by atomic mass is 35.5. The van der Waals surface area contributed by atoms with Crippen molar-refractivity contribution < 1.29 is 9.18 Å². The molecule has 15 heavy (non-hydrogen) atoms. The molecule has 1 aromatic carbocycles. The molecular formula is C11H13ClFNO. The molecule has 0 saturated heterocycles. The molecule has 82 valence electrons. The summed E-state index contributed by atoms with van der Waals surface area (Å²) >= 11 is 5.49. The topological polar surface area (TPSA) is 29.1 Å². The van der Waals surface area contributed by atoms with Gasteiger partial charge >= 0.3 is 0 Å². The molecule has 1 aromatic rings. The molecule has 4 heteroatoms. The molecule has 0 heterocycles. The second-order valence-corrected chi connectivity index (χ2v) is 3.51. The lowest BCUT2D eigenvalue weighted by atomic mass is 10.2. The second kappa shape index (κ2) is 6.40. The first-order valence-electron chi connectivity index (χ1n) is 4.84. The van der Waals surface area contributed by atoms with Crippen molar-refractivity contribution in [3.05, 3.63) is 35.6 Å². The number of carbonyl (C=O) groups excluding carboxylic acids is 1. The van der Waals surface area contributed by atoms with Gasteiger partial charge in [-0.3, -0.25) is 4.79 Å². The number of carbonyl (C=O) groups is 1. The second-order valence-electron chi connectivity index (χ2n) is 3.13. The highest BCUT2D eigenvalue weighted by Crippen LogP contribution is 2.05. The van der Waals surface area contributed by atoms with Gasteiger partial charge in [0.1, 0.15) is 5.82 Å². The van der Waals surface area contributed by atoms with Crippen LogP contribution >= 0.6 is 11.6 Å². The molecule has 2 nitrogen and oxygen atoms in total. The molecule has 0 saturated carbocycles. The Bertz CT molecular complexity index is 330. The van der Waals surface area contributed by atoms with Crippen molar-refractivity contribution >= 4 is 17.5 Å². The molecule has 0 radical (unpaired) electrons. The van der Waals surface area contributed by atoms with Crippen LogP contribution in [0.2, 0.25) is 0 Å². The van der Waals surface area contributed by atoms with Crippen LogP contribution < -0.4 is 5.32 Å². The molecule has 0 aromatic heterocycles. The van der Waals surface area contributed by atoms with Crippen LogP contribution in [-0.4, -0.2) is 18.3 Å². The summed E-state index contributed by atoms with van der Waals surface area (Å²) in [5, 5.41) is 2.64. The Labute approximate surface area is 93.4 Å². The van der Waals surface area contributed by atoms with Crippen molar-refractivity contribution in [1.29, 1.82) is 0 Å². The average Bonchev–Trinajstić information content (AvgIpc) is 2.25. The largest absolute Gasteiger partial charge is 0.352 e. The molecule has 0 unspecified atom stereocenters. The van der Waals surface area contributed by atoms with Gasteiger partial charge in [0, 0.05) is 12.4 Å². The number of rotatable bonds is 5. The van der Waals surface area contributed by atoms with Crippen molar-refractivity contribution in [2.45, 2.75) is 12.8 Å². The lowest BCUT2D eigenvalue weighted by molar-refractivity contribution is 0.0949. The Morgan fingerprint density at radius 2 is 2.07 bits per heavy atom. The van der Waals surface area contributed by atoms with E-state index in [9.17, 15) is 9.18 Å². The van der Waals surface area contributed by atoms with Crippen molar-refractivity contribution in [3.8, 4) is 0 Å². The Hall–Kier alpha value is -1.09. The summed E-state index contributed by atoms with van der Waals surface area (Å²) in [5.74, 6) is -0.287. The van der Waals surface area contributed by atoms with Gasteiger partial charge < -0.3 is 5.32 Å². The van der Waals surface area contributed by atoms with Crippen molar-refractivity contribution in [2.24, 2.45) is 0 Å². The van der Waals surface area contributed by atoms with Crippen LogP contribution in [0.5, 0.6) is 0 Å². The van der Waals surface area contributed by atoms with Gasteiger partial charge in [0.05, 0.1) is 5.56 Å². The van der Waals surface area contributed by atoms with Gasteiger partial charge in [0.25, 0.3) is 5.91 Å². The highest BCUT2D eigenvalue weighted by molar-refractivity contribution is 6.17. The number of nitrogens with one attached hydrogen (secondary N) is 1. The fourth-order valence-electron chi connectivity index (χ4n) is 1.16. The molecule has 1 N–H and O–H groups in total. The van der Waals surface area contributed by atoms with Gasteiger partial charge in [0.15, 0.2) is 0 Å². The zero-order chi connectivity index (χ0) is 11.1. The quantitative estimate of drug-likeness (QED) is 0.610. The van der Waals surface area contributed by atoms with Gasteiger partial charge in [0.2, 0.25) is 0 Å². The van der Waals surface area contributed by atoms with Crippen LogP contribution in [0.25, 0.3) is 0 Å². The lowest BCUT2D eigenvalue weighted by Crippen LogP contribution is -2.25. The summed E-state index contributed by atoms with van der Waals surface area (Å²) in [5.41, 5.74) is 0.0865. The van der Waals surface area contributed by atoms with Crippen molar-refractivity contribution in [2.75, 3.05) is 12.4 Å². The number of alkyl halides is 1. The van der Waals surface area contributed by atoms with Crippen molar-refractivity contribution in [3.63, 3.8) is 0 Å². The summed E-state index contributed by atoms with van der Waals surface area (Å²) in [4.78, 5) is 11.4. The monoisotopic (exact) mass is 229 g/mol. The van der Waals surface area contributed by atoms with Gasteiger partial charge in [-0.1, -0.05) is 12.1 Å². The molecule has 0 bridgehead atoms. The molecular weight excluding hydrogens is 217 g/mol. The van der Waals surface area contributed by atoms with E-state index >= 15 is 0 Å². The third-order valence-corrected chi connectivity index (χ3v) is 2.23. The summed E-state index contributed by atoms with van der Waals surface area (Å²) in [6.07, 6.45) is 1.66. The standard InChI is InChI=1S/C11H13ClFNO/c12-7-3-4-8-14-11(15)9-5-1-2-6-10(9)13/h1-2,5-6H,3-4,7-8H2,(H,14,15). The molecule has 1 amide bonds. The number of hydrogen-bond donors (Lipinski definition) is 1. The van der Waals surface area contributed by atoms with Gasteiger partial charge in [-0.15, -0.1) is 11.6 Å². The van der Waals surface area contributed by atoms with Crippen LogP contribution in [-0.2, 0) is 0 Å². The molecule has 0 spiro atoms. The summed E-state index contributed by atoms with van der Waals surface area (Å²) in [7, 11) is 0. The van der Waals surface area contributed by atoms with E-state index in [4.69, 9.17) is 11.6 Å². The highest BCUT2D eigenvalue weighted by Gasteiger charge is 2.08. The first kappa shape index (κ1) is 12.0. The van der Waals surface area contributed by atoms with E-state index in [0.29, 0.717) is 12.4 Å². The van der Waals surface area contributed by atoms with Crippen LogP contribution in [0.4, 0.5) is 4.39 Å². The van der Waals surface area contributed by atoms with E-state index in [1.54, 1.807) is 12.1 Å². The maximum Gasteiger partial charge on any atom is 0.254 e. The number of benzene rings is 1. The summed E-state index contributed by atoms with van der Waals surface area (Å²) in [6.45, 7) is 0.528. The Morgan fingerprint density at radius 1 is 1.33 bits per heavy atom. The molecule has 1 rings (SSSR count). The van der Waals surface area contributed by atoms with Gasteiger partial charge in [-0.2, -0.15) is 0 Å². The third kappa shape index (κ3) is 3.88. The molecule has 0 atom stereocenters. The first-order chi connectivity index (χ1) is 7.25. The lowest BCUT2D eigenvalue weighted by Gasteiger charge is -2.04. The van der Waals surface area contributed by atoms with Gasteiger partial charge in [-0.25, -0.2) is 4.39 Å². The normalized spacial score (nSPS) is 10.0.